The van der Waals surface area contributed by atoms with Gasteiger partial charge in [-0.05, 0) is 31.4 Å². The Bertz CT molecular complexity index is 769. The highest BCUT2D eigenvalue weighted by atomic mass is 32.1. The Labute approximate surface area is 142 Å². The highest BCUT2D eigenvalue weighted by Gasteiger charge is 2.35. The fourth-order valence-corrected chi connectivity index (χ4v) is 3.38. The Hall–Kier alpha value is -2.36. The fourth-order valence-electron chi connectivity index (χ4n) is 2.32. The molecule has 24 heavy (non-hydrogen) atoms. The predicted molar refractivity (Wildman–Crippen MR) is 89.5 cm³/mol. The highest BCUT2D eigenvalue weighted by molar-refractivity contribution is 7.12. The lowest BCUT2D eigenvalue weighted by molar-refractivity contribution is -0.120. The molecule has 0 fully saturated rings. The zero-order chi connectivity index (χ0) is 17.3. The molecule has 0 saturated carbocycles. The predicted octanol–water partition coefficient (Wildman–Crippen LogP) is 0.958. The van der Waals surface area contributed by atoms with Crippen LogP contribution in [0.3, 0.4) is 0 Å². The van der Waals surface area contributed by atoms with E-state index in [9.17, 15) is 15.0 Å². The first-order chi connectivity index (χ1) is 11.4. The number of aliphatic hydroxyl groups excluding tert-OH is 1. The summed E-state index contributed by atoms with van der Waals surface area (Å²) < 4.78 is 0. The molecule has 0 aromatic carbocycles. The number of rotatable bonds is 4. The maximum atomic E-state index is 12.2. The minimum absolute atomic E-state index is 0.181. The summed E-state index contributed by atoms with van der Waals surface area (Å²) in [6.45, 7) is 3.05. The molecule has 2 aromatic rings. The first-order valence-corrected chi connectivity index (χ1v) is 8.14. The third-order valence-electron chi connectivity index (χ3n) is 3.43. The van der Waals surface area contributed by atoms with Crippen molar-refractivity contribution in [2.24, 2.45) is 5.10 Å². The number of carbonyl (C=O) groups is 1. The van der Waals surface area contributed by atoms with Crippen LogP contribution in [0.15, 0.2) is 35.1 Å². The number of carbonyl (C=O) groups excluding carboxylic acids is 1. The molecule has 0 radical (unpaired) electrons. The number of hydrogen-bond acceptors (Lipinski definition) is 8. The van der Waals surface area contributed by atoms with E-state index in [1.54, 1.807) is 26.0 Å². The quantitative estimate of drug-likeness (QED) is 0.760. The third kappa shape index (κ3) is 3.28. The van der Waals surface area contributed by atoms with Crippen molar-refractivity contribution in [3.05, 3.63) is 40.5 Å². The monoisotopic (exact) mass is 347 g/mol. The Morgan fingerprint density at radius 1 is 1.46 bits per heavy atom. The van der Waals surface area contributed by atoms with Gasteiger partial charge in [0.15, 0.2) is 6.23 Å². The van der Waals surface area contributed by atoms with Crippen molar-refractivity contribution in [3.8, 4) is 0 Å². The number of nitrogens with one attached hydrogen (secondary N) is 1. The van der Waals surface area contributed by atoms with Gasteiger partial charge in [0, 0.05) is 11.8 Å². The van der Waals surface area contributed by atoms with E-state index in [1.165, 1.54) is 28.9 Å². The van der Waals surface area contributed by atoms with Gasteiger partial charge in [0.2, 0.25) is 5.91 Å². The standard InChI is InChI=1S/C15H17N5O3S/c1-15(2,23)13-12-9(4-6-24-12)14(22)20(19-13)7-11(21)18-10-3-5-16-8-17-10/h3-6,8,14,22-23H,7H2,1-2H3,(H,16,17,18,21). The molecule has 0 spiro atoms. The second-order valence-corrected chi connectivity index (χ2v) is 6.74. The number of aromatic nitrogens is 2. The van der Waals surface area contributed by atoms with E-state index in [4.69, 9.17) is 0 Å². The lowest BCUT2D eigenvalue weighted by Crippen LogP contribution is -2.42. The Morgan fingerprint density at radius 2 is 2.25 bits per heavy atom. The topological polar surface area (TPSA) is 111 Å². The summed E-state index contributed by atoms with van der Waals surface area (Å²) in [5.41, 5.74) is -0.143. The van der Waals surface area contributed by atoms with Crippen molar-refractivity contribution in [1.82, 2.24) is 15.0 Å². The van der Waals surface area contributed by atoms with Gasteiger partial charge in [-0.15, -0.1) is 11.3 Å². The van der Waals surface area contributed by atoms with Gasteiger partial charge in [-0.2, -0.15) is 5.10 Å². The molecule has 9 heteroatoms. The number of aliphatic hydroxyl groups is 2. The number of hydrazone groups is 1. The number of anilines is 1. The van der Waals surface area contributed by atoms with Gasteiger partial charge in [0.05, 0.1) is 4.88 Å². The molecule has 0 aliphatic carbocycles. The van der Waals surface area contributed by atoms with Crippen molar-refractivity contribution >= 4 is 28.8 Å². The lowest BCUT2D eigenvalue weighted by Gasteiger charge is -2.33. The van der Waals surface area contributed by atoms with Gasteiger partial charge in [0.1, 0.15) is 30.0 Å². The van der Waals surface area contributed by atoms with E-state index in [0.29, 0.717) is 17.1 Å². The summed E-state index contributed by atoms with van der Waals surface area (Å²) in [4.78, 5) is 20.6. The Morgan fingerprint density at radius 3 is 2.92 bits per heavy atom. The molecule has 2 aromatic heterocycles. The molecule has 1 amide bonds. The normalized spacial score (nSPS) is 17.2. The second-order valence-electron chi connectivity index (χ2n) is 5.83. The Balaban J connectivity index is 1.81. The number of nitrogens with zero attached hydrogens (tertiary/aromatic N) is 4. The zero-order valence-corrected chi connectivity index (χ0v) is 14.0. The molecule has 3 heterocycles. The smallest absolute Gasteiger partial charge is 0.246 e. The minimum atomic E-state index is -1.19. The summed E-state index contributed by atoms with van der Waals surface area (Å²) in [7, 11) is 0. The first kappa shape index (κ1) is 16.5. The summed E-state index contributed by atoms with van der Waals surface area (Å²) in [6.07, 6.45) is 1.79. The molecule has 1 unspecified atom stereocenters. The van der Waals surface area contributed by atoms with Crippen LogP contribution in [0.25, 0.3) is 0 Å². The zero-order valence-electron chi connectivity index (χ0n) is 13.2. The van der Waals surface area contributed by atoms with Crippen LogP contribution in [-0.4, -0.2) is 49.0 Å². The number of fused-ring (bicyclic) bond motifs is 1. The van der Waals surface area contributed by atoms with Crippen LogP contribution < -0.4 is 5.32 Å². The number of hydrogen-bond donors (Lipinski definition) is 3. The van der Waals surface area contributed by atoms with Crippen LogP contribution in [0.4, 0.5) is 5.82 Å². The molecule has 1 aliphatic rings. The summed E-state index contributed by atoms with van der Waals surface area (Å²) in [6, 6.07) is 3.33. The maximum Gasteiger partial charge on any atom is 0.246 e. The van der Waals surface area contributed by atoms with Gasteiger partial charge in [0.25, 0.3) is 0 Å². The van der Waals surface area contributed by atoms with Crippen LogP contribution in [-0.2, 0) is 4.79 Å². The molecule has 1 atom stereocenters. The summed E-state index contributed by atoms with van der Waals surface area (Å²) in [5.74, 6) is -0.0188. The maximum absolute atomic E-state index is 12.2. The van der Waals surface area contributed by atoms with E-state index in [-0.39, 0.29) is 12.5 Å². The molecule has 3 rings (SSSR count). The number of amides is 1. The second kappa shape index (κ2) is 6.27. The van der Waals surface area contributed by atoms with Crippen molar-refractivity contribution in [1.29, 1.82) is 0 Å². The lowest BCUT2D eigenvalue weighted by atomic mass is 9.97. The van der Waals surface area contributed by atoms with Crippen LogP contribution in [0, 0.1) is 0 Å². The molecule has 1 aliphatic heterocycles. The average molecular weight is 347 g/mol. The SMILES string of the molecule is CC(C)(O)C1=NN(CC(=O)Nc2ccncn2)C(O)c2ccsc21. The van der Waals surface area contributed by atoms with E-state index in [2.05, 4.69) is 20.4 Å². The largest absolute Gasteiger partial charge is 0.384 e. The highest BCUT2D eigenvalue weighted by Crippen LogP contribution is 2.34. The van der Waals surface area contributed by atoms with E-state index >= 15 is 0 Å². The minimum Gasteiger partial charge on any atom is -0.384 e. The van der Waals surface area contributed by atoms with E-state index in [1.807, 2.05) is 5.38 Å². The third-order valence-corrected chi connectivity index (χ3v) is 4.37. The van der Waals surface area contributed by atoms with Crippen molar-refractivity contribution in [2.45, 2.75) is 25.7 Å². The molecule has 0 saturated heterocycles. The van der Waals surface area contributed by atoms with Gasteiger partial charge in [-0.25, -0.2) is 9.97 Å². The van der Waals surface area contributed by atoms with Gasteiger partial charge < -0.3 is 15.5 Å². The Kier molecular flexibility index (Phi) is 4.31. The summed E-state index contributed by atoms with van der Waals surface area (Å²) in [5, 5.41) is 30.8. The van der Waals surface area contributed by atoms with Crippen LogP contribution in [0.5, 0.6) is 0 Å². The van der Waals surface area contributed by atoms with Crippen LogP contribution >= 0.6 is 11.3 Å². The molecular weight excluding hydrogens is 330 g/mol. The fraction of sp³-hybridized carbons (Fsp3) is 0.333. The van der Waals surface area contributed by atoms with Crippen molar-refractivity contribution in [2.75, 3.05) is 11.9 Å². The van der Waals surface area contributed by atoms with Crippen LogP contribution in [0.2, 0.25) is 0 Å². The van der Waals surface area contributed by atoms with Gasteiger partial charge in [-0.3, -0.25) is 9.80 Å². The number of thiophene rings is 1. The van der Waals surface area contributed by atoms with Crippen molar-refractivity contribution in [3.63, 3.8) is 0 Å². The molecule has 126 valence electrons. The van der Waals surface area contributed by atoms with Gasteiger partial charge in [-0.1, -0.05) is 0 Å². The first-order valence-electron chi connectivity index (χ1n) is 7.26. The molecule has 3 N–H and O–H groups in total. The molecule has 0 bridgehead atoms. The van der Waals surface area contributed by atoms with E-state index in [0.717, 1.165) is 4.88 Å². The summed E-state index contributed by atoms with van der Waals surface area (Å²) >= 11 is 1.39. The average Bonchev–Trinajstić information content (AvgIpc) is 2.99. The van der Waals surface area contributed by atoms with Crippen LogP contribution in [0.1, 0.15) is 30.5 Å². The van der Waals surface area contributed by atoms with Crippen molar-refractivity contribution < 1.29 is 15.0 Å². The van der Waals surface area contributed by atoms with E-state index < -0.39 is 11.8 Å². The molecule has 8 nitrogen and oxygen atoms in total. The van der Waals surface area contributed by atoms with Gasteiger partial charge >= 0.3 is 0 Å². The molecular formula is C15H17N5O3S.